The van der Waals surface area contributed by atoms with Crippen LogP contribution in [0.5, 0.6) is 0 Å². The van der Waals surface area contributed by atoms with E-state index in [1.54, 1.807) is 7.11 Å². The molecule has 16 heavy (non-hydrogen) atoms. The minimum absolute atomic E-state index is 0.0656. The Kier molecular flexibility index (Phi) is 8.21. The molecule has 0 saturated carbocycles. The number of methoxy groups -OCH3 is 1. The van der Waals surface area contributed by atoms with Gasteiger partial charge in [0.2, 0.25) is 5.91 Å². The number of nitrogens with two attached hydrogens (primary N) is 1. The lowest BCUT2D eigenvalue weighted by atomic mass is 10.0. The van der Waals surface area contributed by atoms with Crippen molar-refractivity contribution in [3.8, 4) is 0 Å². The normalized spacial score (nSPS) is 14.9. The first-order valence-corrected chi connectivity index (χ1v) is 6.06. The minimum Gasteiger partial charge on any atom is -0.383 e. The van der Waals surface area contributed by atoms with Crippen molar-refractivity contribution < 1.29 is 9.53 Å². The molecule has 0 aromatic rings. The van der Waals surface area contributed by atoms with Crippen molar-refractivity contribution in [1.29, 1.82) is 0 Å². The van der Waals surface area contributed by atoms with Crippen LogP contribution in [0.1, 0.15) is 40.0 Å². The fraction of sp³-hybridized carbons (Fsp3) is 0.917. The Hall–Kier alpha value is -0.610. The molecule has 96 valence electrons. The Morgan fingerprint density at radius 2 is 2.06 bits per heavy atom. The molecule has 0 aliphatic rings. The van der Waals surface area contributed by atoms with E-state index in [-0.39, 0.29) is 11.9 Å². The Morgan fingerprint density at radius 3 is 2.50 bits per heavy atom. The van der Waals surface area contributed by atoms with Gasteiger partial charge in [-0.25, -0.2) is 0 Å². The van der Waals surface area contributed by atoms with E-state index in [0.717, 1.165) is 19.3 Å². The molecule has 4 heteroatoms. The van der Waals surface area contributed by atoms with Crippen molar-refractivity contribution in [1.82, 2.24) is 5.32 Å². The molecule has 0 aromatic heterocycles. The van der Waals surface area contributed by atoms with Crippen LogP contribution in [-0.2, 0) is 9.53 Å². The summed E-state index contributed by atoms with van der Waals surface area (Å²) in [5.41, 5.74) is 5.81. The number of hydrogen-bond donors (Lipinski definition) is 2. The van der Waals surface area contributed by atoms with Gasteiger partial charge in [0.1, 0.15) is 0 Å². The second-order valence-electron chi connectivity index (χ2n) is 4.69. The molecule has 0 fully saturated rings. The van der Waals surface area contributed by atoms with Gasteiger partial charge in [-0.2, -0.15) is 0 Å². The van der Waals surface area contributed by atoms with Crippen molar-refractivity contribution in [3.63, 3.8) is 0 Å². The van der Waals surface area contributed by atoms with Crippen LogP contribution in [0.4, 0.5) is 0 Å². The van der Waals surface area contributed by atoms with E-state index in [9.17, 15) is 4.79 Å². The summed E-state index contributed by atoms with van der Waals surface area (Å²) < 4.78 is 5.06. The van der Waals surface area contributed by atoms with Gasteiger partial charge in [0.15, 0.2) is 0 Å². The maximum Gasteiger partial charge on any atom is 0.237 e. The Bertz CT molecular complexity index is 189. The summed E-state index contributed by atoms with van der Waals surface area (Å²) >= 11 is 0. The second kappa shape index (κ2) is 8.53. The van der Waals surface area contributed by atoms with E-state index in [1.807, 2.05) is 0 Å². The predicted octanol–water partition coefficient (Wildman–Crippen LogP) is 1.29. The lowest BCUT2D eigenvalue weighted by molar-refractivity contribution is -0.123. The maximum atomic E-state index is 11.7. The molecule has 0 aliphatic heterocycles. The molecule has 0 aliphatic carbocycles. The monoisotopic (exact) mass is 230 g/mol. The summed E-state index contributed by atoms with van der Waals surface area (Å²) in [6.45, 7) is 6.76. The van der Waals surface area contributed by atoms with E-state index in [0.29, 0.717) is 12.5 Å². The van der Waals surface area contributed by atoms with E-state index in [1.165, 1.54) is 0 Å². The summed E-state index contributed by atoms with van der Waals surface area (Å²) in [7, 11) is 1.64. The van der Waals surface area contributed by atoms with Crippen LogP contribution in [0.15, 0.2) is 0 Å². The van der Waals surface area contributed by atoms with Gasteiger partial charge in [-0.1, -0.05) is 27.2 Å². The largest absolute Gasteiger partial charge is 0.383 e. The number of amides is 1. The molecular formula is C12H26N2O2. The van der Waals surface area contributed by atoms with Crippen LogP contribution in [-0.4, -0.2) is 31.7 Å². The first kappa shape index (κ1) is 15.4. The zero-order valence-electron chi connectivity index (χ0n) is 11.0. The highest BCUT2D eigenvalue weighted by molar-refractivity contribution is 5.81. The van der Waals surface area contributed by atoms with Crippen LogP contribution < -0.4 is 11.1 Å². The van der Waals surface area contributed by atoms with Crippen molar-refractivity contribution in [2.75, 3.05) is 13.7 Å². The van der Waals surface area contributed by atoms with Gasteiger partial charge >= 0.3 is 0 Å². The molecule has 0 spiro atoms. The van der Waals surface area contributed by atoms with Gasteiger partial charge in [0.05, 0.1) is 18.7 Å². The van der Waals surface area contributed by atoms with Gasteiger partial charge in [0, 0.05) is 7.11 Å². The number of nitrogens with one attached hydrogen (secondary N) is 1. The fourth-order valence-electron chi connectivity index (χ4n) is 1.67. The zero-order chi connectivity index (χ0) is 12.6. The second-order valence-corrected chi connectivity index (χ2v) is 4.69. The quantitative estimate of drug-likeness (QED) is 0.660. The van der Waals surface area contributed by atoms with E-state index in [4.69, 9.17) is 10.5 Å². The SMILES string of the molecule is CCCC(COC)NC(=O)[C@@H](N)CC(C)C. The zero-order valence-corrected chi connectivity index (χ0v) is 11.0. The highest BCUT2D eigenvalue weighted by Crippen LogP contribution is 2.04. The van der Waals surface area contributed by atoms with Crippen molar-refractivity contribution in [3.05, 3.63) is 0 Å². The highest BCUT2D eigenvalue weighted by atomic mass is 16.5. The summed E-state index contributed by atoms with van der Waals surface area (Å²) in [6, 6.07) is -0.322. The molecular weight excluding hydrogens is 204 g/mol. The summed E-state index contributed by atoms with van der Waals surface area (Å²) in [4.78, 5) is 11.7. The summed E-state index contributed by atoms with van der Waals surface area (Å²) in [5.74, 6) is 0.372. The highest BCUT2D eigenvalue weighted by Gasteiger charge is 2.18. The molecule has 0 aromatic carbocycles. The third-order valence-electron chi connectivity index (χ3n) is 2.41. The lowest BCUT2D eigenvalue weighted by Gasteiger charge is -2.20. The fourth-order valence-corrected chi connectivity index (χ4v) is 1.67. The third-order valence-corrected chi connectivity index (χ3v) is 2.41. The first-order chi connectivity index (χ1) is 7.51. The molecule has 0 saturated heterocycles. The maximum absolute atomic E-state index is 11.7. The van der Waals surface area contributed by atoms with Crippen molar-refractivity contribution in [2.45, 2.75) is 52.1 Å². The Labute approximate surface area is 98.9 Å². The van der Waals surface area contributed by atoms with Crippen LogP contribution in [0.3, 0.4) is 0 Å². The molecule has 1 unspecified atom stereocenters. The summed E-state index contributed by atoms with van der Waals surface area (Å²) in [6.07, 6.45) is 2.67. The minimum atomic E-state index is -0.406. The number of hydrogen-bond acceptors (Lipinski definition) is 3. The Balaban J connectivity index is 4.06. The standard InChI is InChI=1S/C12H26N2O2/c1-5-6-10(8-16-4)14-12(15)11(13)7-9(2)3/h9-11H,5-8,13H2,1-4H3,(H,14,15)/t10?,11-/m0/s1. The molecule has 3 N–H and O–H groups in total. The third kappa shape index (κ3) is 6.80. The van der Waals surface area contributed by atoms with E-state index in [2.05, 4.69) is 26.1 Å². The van der Waals surface area contributed by atoms with Gasteiger partial charge in [-0.15, -0.1) is 0 Å². The average Bonchev–Trinajstić information content (AvgIpc) is 2.17. The molecule has 1 amide bonds. The molecule has 4 nitrogen and oxygen atoms in total. The number of carbonyl (C=O) groups is 1. The van der Waals surface area contributed by atoms with Gasteiger partial charge in [-0.05, 0) is 18.8 Å². The van der Waals surface area contributed by atoms with Crippen LogP contribution in [0.25, 0.3) is 0 Å². The van der Waals surface area contributed by atoms with Crippen LogP contribution in [0, 0.1) is 5.92 Å². The van der Waals surface area contributed by atoms with Crippen molar-refractivity contribution >= 4 is 5.91 Å². The van der Waals surface area contributed by atoms with Gasteiger partial charge in [-0.3, -0.25) is 4.79 Å². The topological polar surface area (TPSA) is 64.3 Å². The molecule has 0 radical (unpaired) electrons. The summed E-state index contributed by atoms with van der Waals surface area (Å²) in [5, 5.41) is 2.94. The number of carbonyl (C=O) groups excluding carboxylic acids is 1. The molecule has 2 atom stereocenters. The van der Waals surface area contributed by atoms with Crippen LogP contribution in [0.2, 0.25) is 0 Å². The molecule has 0 heterocycles. The first-order valence-electron chi connectivity index (χ1n) is 6.06. The average molecular weight is 230 g/mol. The van der Waals surface area contributed by atoms with Crippen molar-refractivity contribution in [2.24, 2.45) is 11.7 Å². The molecule has 0 bridgehead atoms. The van der Waals surface area contributed by atoms with E-state index < -0.39 is 6.04 Å². The van der Waals surface area contributed by atoms with Gasteiger partial charge < -0.3 is 15.8 Å². The van der Waals surface area contributed by atoms with Crippen LogP contribution >= 0.6 is 0 Å². The molecule has 0 rings (SSSR count). The Morgan fingerprint density at radius 1 is 1.44 bits per heavy atom. The smallest absolute Gasteiger partial charge is 0.237 e. The van der Waals surface area contributed by atoms with Gasteiger partial charge in [0.25, 0.3) is 0 Å². The number of ether oxygens (including phenoxy) is 1. The van der Waals surface area contributed by atoms with E-state index >= 15 is 0 Å². The predicted molar refractivity (Wildman–Crippen MR) is 66.1 cm³/mol. The number of rotatable bonds is 8. The lowest BCUT2D eigenvalue weighted by Crippen LogP contribution is -2.47.